The molecule has 1 amide bonds. The Labute approximate surface area is 125 Å². The maximum absolute atomic E-state index is 12.4. The lowest BCUT2D eigenvalue weighted by Crippen LogP contribution is -2.15. The van der Waals surface area contributed by atoms with Crippen molar-refractivity contribution >= 4 is 17.3 Å². The van der Waals surface area contributed by atoms with Gasteiger partial charge in [0.2, 0.25) is 5.91 Å². The highest BCUT2D eigenvalue weighted by Crippen LogP contribution is 2.49. The Morgan fingerprint density at radius 1 is 1.14 bits per heavy atom. The fraction of sp³-hybridized carbons (Fsp3) is 0.278. The minimum absolute atomic E-state index is 0.0759. The van der Waals surface area contributed by atoms with E-state index in [0.29, 0.717) is 11.6 Å². The number of nitrogens with two attached hydrogens (primary N) is 1. The molecule has 0 aromatic heterocycles. The Bertz CT molecular complexity index is 693. The number of hydrogen-bond donors (Lipinski definition) is 2. The molecule has 1 fully saturated rings. The third kappa shape index (κ3) is 2.77. The number of amides is 1. The monoisotopic (exact) mass is 280 g/mol. The number of carbonyl (C=O) groups is 1. The maximum atomic E-state index is 12.4. The standard InChI is InChI=1S/C18H20N2O/c1-11-5-3-4-6-14(11)15-10-16(15)18(21)20-17-9-13(19)8-7-12(17)2/h3-9,15-16H,10,19H2,1-2H3,(H,20,21). The Balaban J connectivity index is 1.71. The average molecular weight is 280 g/mol. The largest absolute Gasteiger partial charge is 0.399 e. The van der Waals surface area contributed by atoms with Gasteiger partial charge >= 0.3 is 0 Å². The van der Waals surface area contributed by atoms with Crippen molar-refractivity contribution in [2.24, 2.45) is 5.92 Å². The second-order valence-electron chi connectivity index (χ2n) is 5.87. The molecule has 0 saturated heterocycles. The molecule has 2 atom stereocenters. The lowest BCUT2D eigenvalue weighted by atomic mass is 10.0. The Morgan fingerprint density at radius 2 is 1.90 bits per heavy atom. The van der Waals surface area contributed by atoms with Crippen LogP contribution in [0.25, 0.3) is 0 Å². The van der Waals surface area contributed by atoms with E-state index in [1.54, 1.807) is 0 Å². The van der Waals surface area contributed by atoms with Crippen LogP contribution in [0.5, 0.6) is 0 Å². The molecule has 3 heteroatoms. The molecular weight excluding hydrogens is 260 g/mol. The lowest BCUT2D eigenvalue weighted by molar-refractivity contribution is -0.117. The van der Waals surface area contributed by atoms with Crippen molar-refractivity contribution in [2.45, 2.75) is 26.2 Å². The fourth-order valence-electron chi connectivity index (χ4n) is 2.83. The molecule has 0 radical (unpaired) electrons. The van der Waals surface area contributed by atoms with Crippen molar-refractivity contribution in [1.29, 1.82) is 0 Å². The maximum Gasteiger partial charge on any atom is 0.228 e. The summed E-state index contributed by atoms with van der Waals surface area (Å²) in [6.07, 6.45) is 0.929. The molecular formula is C18H20N2O. The van der Waals surface area contributed by atoms with E-state index in [9.17, 15) is 4.79 Å². The summed E-state index contributed by atoms with van der Waals surface area (Å²) >= 11 is 0. The lowest BCUT2D eigenvalue weighted by Gasteiger charge is -2.09. The van der Waals surface area contributed by atoms with Gasteiger partial charge in [0.15, 0.2) is 0 Å². The number of rotatable bonds is 3. The molecule has 3 rings (SSSR count). The smallest absolute Gasteiger partial charge is 0.228 e. The first-order chi connectivity index (χ1) is 10.1. The molecule has 1 aliphatic rings. The predicted molar refractivity (Wildman–Crippen MR) is 86.2 cm³/mol. The highest BCUT2D eigenvalue weighted by Gasteiger charge is 2.44. The first kappa shape index (κ1) is 13.7. The summed E-state index contributed by atoms with van der Waals surface area (Å²) in [5.74, 6) is 0.524. The first-order valence-corrected chi connectivity index (χ1v) is 7.29. The normalized spacial score (nSPS) is 20.1. The zero-order valence-corrected chi connectivity index (χ0v) is 12.4. The van der Waals surface area contributed by atoms with Crippen molar-refractivity contribution in [3.05, 3.63) is 59.2 Å². The summed E-state index contributed by atoms with van der Waals surface area (Å²) < 4.78 is 0. The minimum atomic E-state index is 0.0759. The summed E-state index contributed by atoms with van der Waals surface area (Å²) in [5.41, 5.74) is 10.9. The van der Waals surface area contributed by atoms with Crippen molar-refractivity contribution in [3.8, 4) is 0 Å². The summed E-state index contributed by atoms with van der Waals surface area (Å²) in [7, 11) is 0. The van der Waals surface area contributed by atoms with E-state index in [1.807, 2.05) is 37.3 Å². The second kappa shape index (κ2) is 5.24. The molecule has 2 unspecified atom stereocenters. The van der Waals surface area contributed by atoms with Gasteiger partial charge in [-0.1, -0.05) is 30.3 Å². The molecule has 3 N–H and O–H groups in total. The highest BCUT2D eigenvalue weighted by molar-refractivity contribution is 5.96. The number of carbonyl (C=O) groups excluding carboxylic acids is 1. The van der Waals surface area contributed by atoms with Crippen LogP contribution >= 0.6 is 0 Å². The van der Waals surface area contributed by atoms with Crippen LogP contribution in [-0.4, -0.2) is 5.91 Å². The molecule has 0 aliphatic heterocycles. The number of aryl methyl sites for hydroxylation is 2. The van der Waals surface area contributed by atoms with Crippen LogP contribution in [-0.2, 0) is 4.79 Å². The molecule has 1 aliphatic carbocycles. The van der Waals surface area contributed by atoms with Gasteiger partial charge in [-0.15, -0.1) is 0 Å². The molecule has 3 nitrogen and oxygen atoms in total. The van der Waals surface area contributed by atoms with Gasteiger partial charge in [0.25, 0.3) is 0 Å². The average Bonchev–Trinajstić information content (AvgIpc) is 3.24. The van der Waals surface area contributed by atoms with Crippen LogP contribution in [0, 0.1) is 19.8 Å². The first-order valence-electron chi connectivity index (χ1n) is 7.29. The molecule has 2 aromatic carbocycles. The summed E-state index contributed by atoms with van der Waals surface area (Å²) in [6.45, 7) is 4.07. The van der Waals surface area contributed by atoms with Crippen molar-refractivity contribution < 1.29 is 4.79 Å². The Kier molecular flexibility index (Phi) is 3.42. The van der Waals surface area contributed by atoms with Crippen molar-refractivity contribution in [3.63, 3.8) is 0 Å². The van der Waals surface area contributed by atoms with Crippen molar-refractivity contribution in [1.82, 2.24) is 0 Å². The number of nitrogen functional groups attached to an aromatic ring is 1. The van der Waals surface area contributed by atoms with E-state index in [4.69, 9.17) is 5.73 Å². The van der Waals surface area contributed by atoms with Gasteiger partial charge in [0, 0.05) is 17.3 Å². The van der Waals surface area contributed by atoms with E-state index in [2.05, 4.69) is 24.4 Å². The van der Waals surface area contributed by atoms with E-state index in [0.717, 1.165) is 17.7 Å². The van der Waals surface area contributed by atoms with Gasteiger partial charge in [-0.2, -0.15) is 0 Å². The summed E-state index contributed by atoms with van der Waals surface area (Å²) in [4.78, 5) is 12.4. The number of nitrogens with one attached hydrogen (secondary N) is 1. The molecule has 108 valence electrons. The SMILES string of the molecule is Cc1ccc(N)cc1NC(=O)C1CC1c1ccccc1C. The van der Waals surface area contributed by atoms with Crippen LogP contribution < -0.4 is 11.1 Å². The minimum Gasteiger partial charge on any atom is -0.399 e. The molecule has 0 bridgehead atoms. The summed E-state index contributed by atoms with van der Waals surface area (Å²) in [5, 5.41) is 3.01. The van der Waals surface area contributed by atoms with Gasteiger partial charge in [-0.25, -0.2) is 0 Å². The highest BCUT2D eigenvalue weighted by atomic mass is 16.2. The van der Waals surface area contributed by atoms with Crippen LogP contribution in [0.2, 0.25) is 0 Å². The molecule has 0 spiro atoms. The van der Waals surface area contributed by atoms with Crippen LogP contribution in [0.4, 0.5) is 11.4 Å². The molecule has 2 aromatic rings. The summed E-state index contributed by atoms with van der Waals surface area (Å²) in [6, 6.07) is 13.9. The number of benzene rings is 2. The van der Waals surface area contributed by atoms with Crippen LogP contribution in [0.3, 0.4) is 0 Å². The Hall–Kier alpha value is -2.29. The van der Waals surface area contributed by atoms with Gasteiger partial charge in [0.1, 0.15) is 0 Å². The quantitative estimate of drug-likeness (QED) is 0.844. The zero-order chi connectivity index (χ0) is 15.0. The van der Waals surface area contributed by atoms with E-state index >= 15 is 0 Å². The predicted octanol–water partition coefficient (Wildman–Crippen LogP) is 3.63. The van der Waals surface area contributed by atoms with E-state index in [-0.39, 0.29) is 11.8 Å². The zero-order valence-electron chi connectivity index (χ0n) is 12.4. The fourth-order valence-corrected chi connectivity index (χ4v) is 2.83. The molecule has 0 heterocycles. The van der Waals surface area contributed by atoms with Crippen LogP contribution in [0.15, 0.2) is 42.5 Å². The molecule has 1 saturated carbocycles. The number of anilines is 2. The van der Waals surface area contributed by atoms with Gasteiger partial charge in [-0.05, 0) is 55.0 Å². The number of hydrogen-bond acceptors (Lipinski definition) is 2. The molecule has 21 heavy (non-hydrogen) atoms. The van der Waals surface area contributed by atoms with Crippen molar-refractivity contribution in [2.75, 3.05) is 11.1 Å². The topological polar surface area (TPSA) is 55.1 Å². The van der Waals surface area contributed by atoms with E-state index < -0.39 is 0 Å². The van der Waals surface area contributed by atoms with Crippen LogP contribution in [0.1, 0.15) is 29.0 Å². The third-order valence-corrected chi connectivity index (χ3v) is 4.23. The van der Waals surface area contributed by atoms with Gasteiger partial charge < -0.3 is 11.1 Å². The van der Waals surface area contributed by atoms with Gasteiger partial charge in [0.05, 0.1) is 0 Å². The third-order valence-electron chi connectivity index (χ3n) is 4.23. The second-order valence-corrected chi connectivity index (χ2v) is 5.87. The van der Waals surface area contributed by atoms with E-state index in [1.165, 1.54) is 11.1 Å². The van der Waals surface area contributed by atoms with Gasteiger partial charge in [-0.3, -0.25) is 4.79 Å². The Morgan fingerprint density at radius 3 is 2.67 bits per heavy atom.